The van der Waals surface area contributed by atoms with Crippen molar-refractivity contribution in [3.05, 3.63) is 48.2 Å². The van der Waals surface area contributed by atoms with Gasteiger partial charge in [-0.2, -0.15) is 0 Å². The van der Waals surface area contributed by atoms with E-state index in [-0.39, 0.29) is 11.7 Å². The summed E-state index contributed by atoms with van der Waals surface area (Å²) in [5.74, 6) is 0.251. The van der Waals surface area contributed by atoms with Crippen LogP contribution >= 0.6 is 0 Å². The second-order valence-corrected chi connectivity index (χ2v) is 7.25. The molecule has 1 aromatic carbocycles. The molecule has 0 radical (unpaired) electrons. The Labute approximate surface area is 170 Å². The zero-order chi connectivity index (χ0) is 21.1. The molecule has 0 unspecified atom stereocenters. The van der Waals surface area contributed by atoms with Crippen LogP contribution in [0.5, 0.6) is 5.88 Å². The minimum Gasteiger partial charge on any atom is -0.470 e. The molecule has 4 rings (SSSR count). The maximum atomic E-state index is 12.6. The van der Waals surface area contributed by atoms with Crippen molar-refractivity contribution in [2.45, 2.75) is 37.3 Å². The smallest absolute Gasteiger partial charge is 0.320 e. The van der Waals surface area contributed by atoms with E-state index in [2.05, 4.69) is 25.8 Å². The van der Waals surface area contributed by atoms with Crippen LogP contribution in [0.2, 0.25) is 0 Å². The molecule has 1 saturated carbocycles. The van der Waals surface area contributed by atoms with Gasteiger partial charge in [-0.3, -0.25) is 10.4 Å². The first-order valence-corrected chi connectivity index (χ1v) is 9.54. The Kier molecular flexibility index (Phi) is 5.49. The molecule has 0 spiro atoms. The third-order valence-electron chi connectivity index (χ3n) is 5.16. The highest BCUT2D eigenvalue weighted by Crippen LogP contribution is 2.42. The normalized spacial score (nSPS) is 16.1. The summed E-state index contributed by atoms with van der Waals surface area (Å²) in [6.45, 7) is -0.772. The summed E-state index contributed by atoms with van der Waals surface area (Å²) in [4.78, 5) is 16.7. The van der Waals surface area contributed by atoms with Gasteiger partial charge in [0, 0.05) is 12.3 Å². The topological polar surface area (TPSA) is 112 Å². The maximum Gasteiger partial charge on any atom is 0.320 e. The number of H-pyrrole nitrogens is 1. The van der Waals surface area contributed by atoms with Crippen molar-refractivity contribution in [1.82, 2.24) is 20.5 Å². The van der Waals surface area contributed by atoms with E-state index in [0.29, 0.717) is 23.7 Å². The summed E-state index contributed by atoms with van der Waals surface area (Å²) >= 11 is 0. The van der Waals surface area contributed by atoms with Crippen LogP contribution in [-0.4, -0.2) is 45.0 Å². The van der Waals surface area contributed by atoms with Gasteiger partial charge < -0.3 is 15.2 Å². The lowest BCUT2D eigenvalue weighted by Gasteiger charge is -2.43. The van der Waals surface area contributed by atoms with Crippen LogP contribution in [-0.2, 0) is 0 Å². The number of aromatic amines is 1. The summed E-state index contributed by atoms with van der Waals surface area (Å²) in [5, 5.41) is 23.2. The van der Waals surface area contributed by atoms with Gasteiger partial charge in [0.25, 0.3) is 6.43 Å². The number of aromatic nitrogens is 3. The highest BCUT2D eigenvalue weighted by atomic mass is 19.3. The van der Waals surface area contributed by atoms with E-state index in [0.717, 1.165) is 12.0 Å². The van der Waals surface area contributed by atoms with E-state index in [1.165, 1.54) is 12.3 Å². The van der Waals surface area contributed by atoms with E-state index < -0.39 is 30.7 Å². The number of urea groups is 1. The summed E-state index contributed by atoms with van der Waals surface area (Å²) in [6.07, 6.45) is 0.872. The van der Waals surface area contributed by atoms with Crippen molar-refractivity contribution in [1.29, 1.82) is 0 Å². The number of rotatable bonds is 7. The van der Waals surface area contributed by atoms with Gasteiger partial charge >= 0.3 is 6.03 Å². The number of amides is 2. The molecule has 3 aromatic rings. The summed E-state index contributed by atoms with van der Waals surface area (Å²) in [6, 6.07) is 9.73. The van der Waals surface area contributed by atoms with Gasteiger partial charge in [-0.1, -0.05) is 30.3 Å². The second-order valence-electron chi connectivity index (χ2n) is 7.25. The number of halogens is 2. The number of ether oxygens (including phenoxy) is 1. The Balaban J connectivity index is 1.47. The van der Waals surface area contributed by atoms with Crippen molar-refractivity contribution in [3.8, 4) is 5.88 Å². The van der Waals surface area contributed by atoms with E-state index >= 15 is 0 Å². The van der Waals surface area contributed by atoms with Crippen LogP contribution in [0.1, 0.15) is 30.9 Å². The number of nitrogens with one attached hydrogen (secondary N) is 3. The van der Waals surface area contributed by atoms with E-state index in [9.17, 15) is 18.7 Å². The number of hydrogen-bond acceptors (Lipinski definition) is 5. The number of carbonyl (C=O) groups excluding carboxylic acids is 1. The van der Waals surface area contributed by atoms with Gasteiger partial charge in [0.15, 0.2) is 6.61 Å². The Hall–Kier alpha value is -3.27. The third kappa shape index (κ3) is 4.18. The first kappa shape index (κ1) is 20.0. The highest BCUT2D eigenvalue weighted by molar-refractivity contribution is 5.92. The van der Waals surface area contributed by atoms with Crippen LogP contribution < -0.4 is 15.4 Å². The van der Waals surface area contributed by atoms with Gasteiger partial charge in [0.1, 0.15) is 5.82 Å². The number of aliphatic hydroxyl groups is 1. The molecule has 2 aromatic heterocycles. The number of anilines is 1. The van der Waals surface area contributed by atoms with E-state index in [4.69, 9.17) is 4.74 Å². The monoisotopic (exact) mass is 417 g/mol. The van der Waals surface area contributed by atoms with E-state index in [1.807, 2.05) is 30.3 Å². The van der Waals surface area contributed by atoms with Crippen LogP contribution in [0.3, 0.4) is 0 Å². The van der Waals surface area contributed by atoms with Crippen LogP contribution in [0.15, 0.2) is 42.6 Å². The Morgan fingerprint density at radius 1 is 1.30 bits per heavy atom. The molecular formula is C20H21F2N5O3. The van der Waals surface area contributed by atoms with Gasteiger partial charge in [-0.25, -0.2) is 18.6 Å². The fourth-order valence-electron chi connectivity index (χ4n) is 3.49. The molecule has 10 heteroatoms. The van der Waals surface area contributed by atoms with E-state index in [1.54, 1.807) is 0 Å². The predicted octanol–water partition coefficient (Wildman–Crippen LogP) is 3.38. The number of pyridine rings is 1. The van der Waals surface area contributed by atoms with Gasteiger partial charge in [0.2, 0.25) is 5.88 Å². The lowest BCUT2D eigenvalue weighted by atomic mass is 9.72. The second kappa shape index (κ2) is 8.23. The predicted molar refractivity (Wildman–Crippen MR) is 106 cm³/mol. The number of nitrogens with zero attached hydrogens (tertiary/aromatic N) is 2. The molecule has 30 heavy (non-hydrogen) atoms. The average molecular weight is 417 g/mol. The van der Waals surface area contributed by atoms with Crippen molar-refractivity contribution in [3.63, 3.8) is 0 Å². The molecule has 158 valence electrons. The lowest BCUT2D eigenvalue weighted by molar-refractivity contribution is -0.0627. The number of carbonyl (C=O) groups is 1. The number of alkyl halides is 2. The van der Waals surface area contributed by atoms with Gasteiger partial charge in [0.05, 0.1) is 22.5 Å². The minimum atomic E-state index is -2.61. The Morgan fingerprint density at radius 3 is 2.73 bits per heavy atom. The van der Waals surface area contributed by atoms with Crippen molar-refractivity contribution in [2.24, 2.45) is 0 Å². The molecule has 1 atom stereocenters. The molecule has 2 heterocycles. The molecule has 0 aliphatic heterocycles. The fourth-order valence-corrected chi connectivity index (χ4v) is 3.49. The fraction of sp³-hybridized carbons (Fsp3) is 0.350. The number of benzene rings is 1. The van der Waals surface area contributed by atoms with Crippen LogP contribution in [0.25, 0.3) is 10.9 Å². The Bertz CT molecular complexity index is 1020. The molecule has 0 bridgehead atoms. The van der Waals surface area contributed by atoms with Gasteiger partial charge in [-0.15, -0.1) is 5.10 Å². The lowest BCUT2D eigenvalue weighted by Crippen LogP contribution is -2.51. The van der Waals surface area contributed by atoms with Crippen molar-refractivity contribution < 1.29 is 23.4 Å². The molecule has 2 amide bonds. The summed E-state index contributed by atoms with van der Waals surface area (Å²) in [7, 11) is 0. The first-order chi connectivity index (χ1) is 14.4. The average Bonchev–Trinajstić information content (AvgIpc) is 3.11. The Morgan fingerprint density at radius 2 is 2.07 bits per heavy atom. The molecule has 0 saturated heterocycles. The van der Waals surface area contributed by atoms with Crippen molar-refractivity contribution in [2.75, 3.05) is 11.9 Å². The first-order valence-electron chi connectivity index (χ1n) is 9.54. The largest absolute Gasteiger partial charge is 0.470 e. The zero-order valence-corrected chi connectivity index (χ0v) is 15.9. The summed E-state index contributed by atoms with van der Waals surface area (Å²) in [5.41, 5.74) is 0.297. The quantitative estimate of drug-likeness (QED) is 0.471. The van der Waals surface area contributed by atoms with Gasteiger partial charge in [-0.05, 0) is 24.8 Å². The SMILES string of the molecule is O=C(Nc1cc2[nH]nc(OCC(F)F)c2cn1)N[C@@H](c1ccccc1)C1(O)CCC1. The molecule has 4 N–H and O–H groups in total. The minimum absolute atomic E-state index is 0.0187. The summed E-state index contributed by atoms with van der Waals surface area (Å²) < 4.78 is 29.6. The molecule has 1 aliphatic carbocycles. The van der Waals surface area contributed by atoms with Crippen molar-refractivity contribution >= 4 is 22.8 Å². The third-order valence-corrected chi connectivity index (χ3v) is 5.16. The molecular weight excluding hydrogens is 396 g/mol. The molecule has 1 fully saturated rings. The number of fused-ring (bicyclic) bond motifs is 1. The standard InChI is InChI=1S/C20H21F2N5O3/c21-15(22)11-30-18-13-10-23-16(9-14(13)26-27-18)24-19(28)25-17(20(29)7-4-8-20)12-5-2-1-3-6-12/h1-3,5-6,9-10,15,17,29H,4,7-8,11H2,(H,26,27)(H2,23,24,25,28)/t17-/m0/s1. The molecule has 8 nitrogen and oxygen atoms in total. The maximum absolute atomic E-state index is 12.6. The highest BCUT2D eigenvalue weighted by Gasteiger charge is 2.43. The van der Waals surface area contributed by atoms with Crippen LogP contribution in [0, 0.1) is 0 Å². The van der Waals surface area contributed by atoms with Crippen LogP contribution in [0.4, 0.5) is 19.4 Å². The number of hydrogen-bond donors (Lipinski definition) is 4. The zero-order valence-electron chi connectivity index (χ0n) is 15.9. The molecule has 1 aliphatic rings.